The molecular weight excluding hydrogens is 557 g/mol. The Balaban J connectivity index is 1.74. The first-order chi connectivity index (χ1) is 20.2. The number of benzene rings is 3. The van der Waals surface area contributed by atoms with E-state index in [1.807, 2.05) is 6.92 Å². The molecule has 0 unspecified atom stereocenters. The lowest BCUT2D eigenvalue weighted by Crippen LogP contribution is -2.53. The van der Waals surface area contributed by atoms with E-state index in [4.69, 9.17) is 4.74 Å². The molecule has 224 valence electrons. The highest BCUT2D eigenvalue weighted by Gasteiger charge is 2.35. The average Bonchev–Trinajstić information content (AvgIpc) is 3.50. The Bertz CT molecular complexity index is 1440. The zero-order chi connectivity index (χ0) is 30.1. The van der Waals surface area contributed by atoms with Gasteiger partial charge in [0, 0.05) is 12.6 Å². The molecule has 42 heavy (non-hydrogen) atoms. The Morgan fingerprint density at radius 2 is 1.60 bits per heavy atom. The van der Waals surface area contributed by atoms with Crippen LogP contribution in [0.25, 0.3) is 0 Å². The van der Waals surface area contributed by atoms with E-state index in [0.717, 1.165) is 30.0 Å². The first-order valence-corrected chi connectivity index (χ1v) is 15.8. The Kier molecular flexibility index (Phi) is 10.6. The van der Waals surface area contributed by atoms with Crippen molar-refractivity contribution in [2.45, 2.75) is 69.5 Å². The van der Waals surface area contributed by atoms with Gasteiger partial charge in [0.1, 0.15) is 24.2 Å². The monoisotopic (exact) mass is 595 g/mol. The van der Waals surface area contributed by atoms with Crippen LogP contribution >= 0.6 is 0 Å². The standard InChI is InChI=1S/C32H38FN3O5S/c1-3-28(32(38)34-26-12-8-9-13-26)35(22-24-18-20-25(33)21-19-24)31(37)23-36(29-16-10-11-17-30(29)41-4-2)42(39,40)27-14-6-5-7-15-27/h5-7,10-11,14-21,26,28H,3-4,8-9,12-13,22-23H2,1-2H3,(H,34,38)/t28-/m0/s1. The molecule has 1 aliphatic rings. The molecule has 8 nitrogen and oxygen atoms in total. The second kappa shape index (κ2) is 14.3. The van der Waals surface area contributed by atoms with Crippen molar-refractivity contribution in [2.75, 3.05) is 17.5 Å². The zero-order valence-corrected chi connectivity index (χ0v) is 24.9. The van der Waals surface area contributed by atoms with Crippen LogP contribution in [0.15, 0.2) is 83.8 Å². The lowest BCUT2D eigenvalue weighted by Gasteiger charge is -2.34. The van der Waals surface area contributed by atoms with Gasteiger partial charge in [-0.05, 0) is 68.1 Å². The molecular formula is C32H38FN3O5S. The highest BCUT2D eigenvalue weighted by atomic mass is 32.2. The maximum Gasteiger partial charge on any atom is 0.264 e. The highest BCUT2D eigenvalue weighted by Crippen LogP contribution is 2.33. The van der Waals surface area contributed by atoms with Gasteiger partial charge < -0.3 is 15.0 Å². The molecule has 1 saturated carbocycles. The van der Waals surface area contributed by atoms with Crippen LogP contribution in [0, 0.1) is 5.82 Å². The number of anilines is 1. The van der Waals surface area contributed by atoms with Crippen molar-refractivity contribution in [2.24, 2.45) is 0 Å². The number of ether oxygens (including phenoxy) is 1. The molecule has 0 spiro atoms. The minimum Gasteiger partial charge on any atom is -0.492 e. The predicted molar refractivity (Wildman–Crippen MR) is 160 cm³/mol. The summed E-state index contributed by atoms with van der Waals surface area (Å²) >= 11 is 0. The number of sulfonamides is 1. The molecule has 0 aromatic heterocycles. The van der Waals surface area contributed by atoms with Crippen molar-refractivity contribution in [1.82, 2.24) is 10.2 Å². The van der Waals surface area contributed by atoms with Crippen molar-refractivity contribution in [3.05, 3.63) is 90.2 Å². The van der Waals surface area contributed by atoms with Crippen LogP contribution in [-0.2, 0) is 26.2 Å². The topological polar surface area (TPSA) is 96.0 Å². The third-order valence-corrected chi connectivity index (χ3v) is 9.17. The smallest absolute Gasteiger partial charge is 0.264 e. The highest BCUT2D eigenvalue weighted by molar-refractivity contribution is 7.92. The Morgan fingerprint density at radius 1 is 0.952 bits per heavy atom. The van der Waals surface area contributed by atoms with E-state index in [1.165, 1.54) is 29.2 Å². The van der Waals surface area contributed by atoms with Crippen LogP contribution in [-0.4, -0.2) is 50.4 Å². The summed E-state index contributed by atoms with van der Waals surface area (Å²) < 4.78 is 48.5. The van der Waals surface area contributed by atoms with Crippen molar-refractivity contribution in [3.63, 3.8) is 0 Å². The molecule has 0 radical (unpaired) electrons. The fourth-order valence-electron chi connectivity index (χ4n) is 5.25. The van der Waals surface area contributed by atoms with E-state index < -0.39 is 34.3 Å². The summed E-state index contributed by atoms with van der Waals surface area (Å²) in [6, 6.07) is 19.4. The van der Waals surface area contributed by atoms with Gasteiger partial charge in [0.25, 0.3) is 10.0 Å². The van der Waals surface area contributed by atoms with Crippen molar-refractivity contribution < 1.29 is 27.1 Å². The van der Waals surface area contributed by atoms with Gasteiger partial charge in [-0.15, -0.1) is 0 Å². The van der Waals surface area contributed by atoms with Gasteiger partial charge in [-0.1, -0.05) is 62.2 Å². The van der Waals surface area contributed by atoms with Gasteiger partial charge in [0.15, 0.2) is 0 Å². The summed E-state index contributed by atoms with van der Waals surface area (Å²) in [4.78, 5) is 29.1. The van der Waals surface area contributed by atoms with Crippen molar-refractivity contribution in [3.8, 4) is 5.75 Å². The number of hydrogen-bond donors (Lipinski definition) is 1. The van der Waals surface area contributed by atoms with Crippen LogP contribution in [0.4, 0.5) is 10.1 Å². The van der Waals surface area contributed by atoms with Crippen LogP contribution in [0.3, 0.4) is 0 Å². The van der Waals surface area contributed by atoms with E-state index in [2.05, 4.69) is 5.32 Å². The van der Waals surface area contributed by atoms with Crippen molar-refractivity contribution >= 4 is 27.5 Å². The average molecular weight is 596 g/mol. The fourth-order valence-corrected chi connectivity index (χ4v) is 6.69. The molecule has 3 aromatic carbocycles. The number of rotatable bonds is 13. The SMILES string of the molecule is CCOc1ccccc1N(CC(=O)N(Cc1ccc(F)cc1)[C@@H](CC)C(=O)NC1CCCC1)S(=O)(=O)c1ccccc1. The summed E-state index contributed by atoms with van der Waals surface area (Å²) in [5.41, 5.74) is 0.825. The minimum absolute atomic E-state index is 0.00202. The van der Waals surface area contributed by atoms with Crippen LogP contribution < -0.4 is 14.4 Å². The maximum absolute atomic E-state index is 14.2. The summed E-state index contributed by atoms with van der Waals surface area (Å²) in [6.07, 6.45) is 4.14. The number of nitrogens with one attached hydrogen (secondary N) is 1. The fraction of sp³-hybridized carbons (Fsp3) is 0.375. The van der Waals surface area contributed by atoms with E-state index >= 15 is 0 Å². The first-order valence-electron chi connectivity index (χ1n) is 14.4. The second-order valence-electron chi connectivity index (χ2n) is 10.3. The van der Waals surface area contributed by atoms with Crippen molar-refractivity contribution in [1.29, 1.82) is 0 Å². The van der Waals surface area contributed by atoms with Crippen LogP contribution in [0.2, 0.25) is 0 Å². The molecule has 0 heterocycles. The third-order valence-electron chi connectivity index (χ3n) is 7.40. The second-order valence-corrected chi connectivity index (χ2v) is 12.1. The molecule has 1 fully saturated rings. The molecule has 1 N–H and O–H groups in total. The third kappa shape index (κ3) is 7.47. The largest absolute Gasteiger partial charge is 0.492 e. The summed E-state index contributed by atoms with van der Waals surface area (Å²) in [6.45, 7) is 3.32. The van der Waals surface area contributed by atoms with Gasteiger partial charge in [0.05, 0.1) is 17.2 Å². The van der Waals surface area contributed by atoms with E-state index in [-0.39, 0.29) is 29.1 Å². The minimum atomic E-state index is -4.22. The van der Waals surface area contributed by atoms with Gasteiger partial charge in [-0.25, -0.2) is 12.8 Å². The summed E-state index contributed by atoms with van der Waals surface area (Å²) in [5.74, 6) is -0.968. The van der Waals surface area contributed by atoms with Gasteiger partial charge in [-0.3, -0.25) is 13.9 Å². The van der Waals surface area contributed by atoms with E-state index in [9.17, 15) is 22.4 Å². The molecule has 10 heteroatoms. The lowest BCUT2D eigenvalue weighted by molar-refractivity contribution is -0.140. The van der Waals surface area contributed by atoms with Crippen LogP contribution in [0.1, 0.15) is 51.5 Å². The predicted octanol–water partition coefficient (Wildman–Crippen LogP) is 5.29. The molecule has 0 bridgehead atoms. The van der Waals surface area contributed by atoms with Crippen LogP contribution in [0.5, 0.6) is 5.75 Å². The first kappa shape index (κ1) is 31.0. The Hall–Kier alpha value is -3.92. The molecule has 1 atom stereocenters. The zero-order valence-electron chi connectivity index (χ0n) is 24.0. The molecule has 2 amide bonds. The number of carbonyl (C=O) groups is 2. The Morgan fingerprint density at radius 3 is 2.24 bits per heavy atom. The molecule has 1 aliphatic carbocycles. The molecule has 0 aliphatic heterocycles. The lowest BCUT2D eigenvalue weighted by atomic mass is 10.1. The number of nitrogens with zero attached hydrogens (tertiary/aromatic N) is 2. The normalized spacial score (nSPS) is 14.3. The quantitative estimate of drug-likeness (QED) is 0.290. The Labute approximate surface area is 247 Å². The number of hydrogen-bond acceptors (Lipinski definition) is 5. The number of halogens is 1. The molecule has 3 aromatic rings. The number of para-hydroxylation sites is 2. The van der Waals surface area contributed by atoms with Gasteiger partial charge in [0.2, 0.25) is 11.8 Å². The van der Waals surface area contributed by atoms with E-state index in [1.54, 1.807) is 61.5 Å². The number of amides is 2. The maximum atomic E-state index is 14.2. The summed E-state index contributed by atoms with van der Waals surface area (Å²) in [5, 5.41) is 3.08. The van der Waals surface area contributed by atoms with Gasteiger partial charge >= 0.3 is 0 Å². The molecule has 4 rings (SSSR count). The van der Waals surface area contributed by atoms with E-state index in [0.29, 0.717) is 24.3 Å². The number of carbonyl (C=O) groups excluding carboxylic acids is 2. The molecule has 0 saturated heterocycles. The summed E-state index contributed by atoms with van der Waals surface area (Å²) in [7, 11) is -4.22. The van der Waals surface area contributed by atoms with Gasteiger partial charge in [-0.2, -0.15) is 0 Å².